The van der Waals surface area contributed by atoms with E-state index in [0.717, 1.165) is 17.5 Å². The minimum absolute atomic E-state index is 0. The summed E-state index contributed by atoms with van der Waals surface area (Å²) in [5, 5.41) is 2.91. The second kappa shape index (κ2) is 9.25. The van der Waals surface area contributed by atoms with E-state index in [1.807, 2.05) is 42.5 Å². The van der Waals surface area contributed by atoms with Gasteiger partial charge in [0.05, 0.1) is 11.0 Å². The zero-order valence-electron chi connectivity index (χ0n) is 14.9. The van der Waals surface area contributed by atoms with E-state index in [4.69, 9.17) is 5.73 Å². The van der Waals surface area contributed by atoms with Crippen LogP contribution in [-0.2, 0) is 6.42 Å². The van der Waals surface area contributed by atoms with Crippen molar-refractivity contribution in [3.63, 3.8) is 0 Å². The number of aryl methyl sites for hydroxylation is 1. The van der Waals surface area contributed by atoms with E-state index in [0.29, 0.717) is 17.2 Å². The zero-order chi connectivity index (χ0) is 17.6. The summed E-state index contributed by atoms with van der Waals surface area (Å²) in [7, 11) is 0. The van der Waals surface area contributed by atoms with Crippen molar-refractivity contribution in [1.29, 1.82) is 0 Å². The van der Waals surface area contributed by atoms with Crippen LogP contribution in [0.3, 0.4) is 0 Å². The molecule has 6 heteroatoms. The molecule has 0 saturated carbocycles. The normalized spacial score (nSPS) is 10.5. The second-order valence-corrected chi connectivity index (χ2v) is 6.32. The van der Waals surface area contributed by atoms with Crippen molar-refractivity contribution < 1.29 is 4.79 Å². The summed E-state index contributed by atoms with van der Waals surface area (Å²) in [6.07, 6.45) is 6.06. The van der Waals surface area contributed by atoms with E-state index in [1.165, 1.54) is 31.2 Å². The molecule has 0 bridgehead atoms. The summed E-state index contributed by atoms with van der Waals surface area (Å²) in [6, 6.07) is 13.3. The van der Waals surface area contributed by atoms with Crippen LogP contribution >= 0.6 is 12.4 Å². The summed E-state index contributed by atoms with van der Waals surface area (Å²) < 4.78 is 0. The Morgan fingerprint density at radius 3 is 2.62 bits per heavy atom. The monoisotopic (exact) mass is 372 g/mol. The van der Waals surface area contributed by atoms with Gasteiger partial charge in [-0.05, 0) is 48.7 Å². The summed E-state index contributed by atoms with van der Waals surface area (Å²) in [5.74, 6) is 0.248. The number of hydrogen-bond acceptors (Lipinski definition) is 3. The number of aromatic amines is 1. The number of amides is 1. The molecule has 2 aromatic carbocycles. The number of aromatic nitrogens is 2. The van der Waals surface area contributed by atoms with Crippen molar-refractivity contribution in [2.45, 2.75) is 39.0 Å². The van der Waals surface area contributed by atoms with Gasteiger partial charge in [0.15, 0.2) is 5.95 Å². The van der Waals surface area contributed by atoms with E-state index < -0.39 is 0 Å². The van der Waals surface area contributed by atoms with Crippen molar-refractivity contribution in [3.05, 3.63) is 53.6 Å². The molecule has 3 aromatic rings. The van der Waals surface area contributed by atoms with Gasteiger partial charge in [0.2, 0.25) is 0 Å². The maximum atomic E-state index is 12.4. The summed E-state index contributed by atoms with van der Waals surface area (Å²) in [4.78, 5) is 19.5. The molecule has 0 aliphatic rings. The average molecular weight is 373 g/mol. The van der Waals surface area contributed by atoms with Gasteiger partial charge in [0, 0.05) is 11.3 Å². The van der Waals surface area contributed by atoms with E-state index in [9.17, 15) is 4.79 Å². The van der Waals surface area contributed by atoms with E-state index >= 15 is 0 Å². The number of halogens is 1. The number of nitrogens with zero attached hydrogens (tertiary/aromatic N) is 1. The molecule has 0 fully saturated rings. The molecule has 138 valence electrons. The molecular formula is C20H25ClN4O. The number of unbranched alkanes of at least 4 members (excludes halogenated alkanes) is 3. The van der Waals surface area contributed by atoms with Crippen molar-refractivity contribution in [2.75, 3.05) is 11.1 Å². The number of H-pyrrole nitrogens is 1. The first kappa shape index (κ1) is 19.8. The lowest BCUT2D eigenvalue weighted by Crippen LogP contribution is -2.11. The van der Waals surface area contributed by atoms with Crippen LogP contribution in [0.15, 0.2) is 42.5 Å². The van der Waals surface area contributed by atoms with Crippen LogP contribution in [0, 0.1) is 0 Å². The van der Waals surface area contributed by atoms with Gasteiger partial charge in [-0.25, -0.2) is 4.98 Å². The van der Waals surface area contributed by atoms with Gasteiger partial charge in [-0.3, -0.25) is 4.79 Å². The largest absolute Gasteiger partial charge is 0.369 e. The van der Waals surface area contributed by atoms with Crippen molar-refractivity contribution in [2.24, 2.45) is 0 Å². The summed E-state index contributed by atoms with van der Waals surface area (Å²) in [5.41, 5.74) is 9.88. The van der Waals surface area contributed by atoms with Crippen LogP contribution in [0.2, 0.25) is 0 Å². The lowest BCUT2D eigenvalue weighted by molar-refractivity contribution is 0.102. The number of nitrogens with two attached hydrogens (primary N) is 1. The first-order chi connectivity index (χ1) is 12.2. The molecule has 0 aliphatic carbocycles. The number of nitrogens with one attached hydrogen (secondary N) is 2. The quantitative estimate of drug-likeness (QED) is 0.513. The Balaban J connectivity index is 0.00000243. The SMILES string of the molecule is CCCCCCc1ccc(C(=O)Nc2ccc3nc(N)[nH]c3c2)cc1.Cl. The smallest absolute Gasteiger partial charge is 0.255 e. The number of fused-ring (bicyclic) bond motifs is 1. The zero-order valence-corrected chi connectivity index (χ0v) is 15.7. The molecule has 0 saturated heterocycles. The molecule has 1 aromatic heterocycles. The highest BCUT2D eigenvalue weighted by Crippen LogP contribution is 2.19. The van der Waals surface area contributed by atoms with Gasteiger partial charge in [-0.15, -0.1) is 12.4 Å². The predicted octanol–water partition coefficient (Wildman–Crippen LogP) is 4.94. The molecule has 26 heavy (non-hydrogen) atoms. The Morgan fingerprint density at radius 2 is 1.88 bits per heavy atom. The number of benzene rings is 2. The first-order valence-electron chi connectivity index (χ1n) is 8.81. The molecule has 0 unspecified atom stereocenters. The second-order valence-electron chi connectivity index (χ2n) is 6.32. The highest BCUT2D eigenvalue weighted by molar-refractivity contribution is 6.05. The lowest BCUT2D eigenvalue weighted by Gasteiger charge is -2.07. The maximum absolute atomic E-state index is 12.4. The Morgan fingerprint density at radius 1 is 1.12 bits per heavy atom. The maximum Gasteiger partial charge on any atom is 0.255 e. The summed E-state index contributed by atoms with van der Waals surface area (Å²) >= 11 is 0. The third-order valence-electron chi connectivity index (χ3n) is 4.29. The topological polar surface area (TPSA) is 83.8 Å². The van der Waals surface area contributed by atoms with Gasteiger partial charge in [0.25, 0.3) is 5.91 Å². The van der Waals surface area contributed by atoms with E-state index in [2.05, 4.69) is 22.2 Å². The number of rotatable bonds is 7. The number of nitrogen functional groups attached to an aromatic ring is 1. The Kier molecular flexibility index (Phi) is 7.04. The fourth-order valence-corrected chi connectivity index (χ4v) is 2.89. The molecule has 0 radical (unpaired) electrons. The average Bonchev–Trinajstić information content (AvgIpc) is 2.98. The number of anilines is 2. The van der Waals surface area contributed by atoms with Crippen LogP contribution in [0.5, 0.6) is 0 Å². The van der Waals surface area contributed by atoms with Gasteiger partial charge in [0.1, 0.15) is 0 Å². The van der Waals surface area contributed by atoms with E-state index in [1.54, 1.807) is 0 Å². The van der Waals surface area contributed by atoms with Crippen molar-refractivity contribution in [3.8, 4) is 0 Å². The highest BCUT2D eigenvalue weighted by Gasteiger charge is 2.08. The Hall–Kier alpha value is -2.53. The third kappa shape index (κ3) is 4.99. The van der Waals surface area contributed by atoms with Crippen molar-refractivity contribution >= 4 is 41.0 Å². The molecule has 4 N–H and O–H groups in total. The number of imidazole rings is 1. The lowest BCUT2D eigenvalue weighted by atomic mass is 10.0. The molecule has 1 heterocycles. The molecule has 3 rings (SSSR count). The van der Waals surface area contributed by atoms with E-state index in [-0.39, 0.29) is 18.3 Å². The van der Waals surface area contributed by atoms with Gasteiger partial charge >= 0.3 is 0 Å². The number of carbonyl (C=O) groups is 1. The van der Waals surface area contributed by atoms with Crippen LogP contribution < -0.4 is 11.1 Å². The first-order valence-corrected chi connectivity index (χ1v) is 8.81. The Bertz CT molecular complexity index is 858. The molecule has 1 amide bonds. The Labute approximate surface area is 159 Å². The fourth-order valence-electron chi connectivity index (χ4n) is 2.89. The van der Waals surface area contributed by atoms with Gasteiger partial charge < -0.3 is 16.0 Å². The van der Waals surface area contributed by atoms with Gasteiger partial charge in [-0.1, -0.05) is 38.3 Å². The van der Waals surface area contributed by atoms with Crippen LogP contribution in [-0.4, -0.2) is 15.9 Å². The molecule has 0 aliphatic heterocycles. The standard InChI is InChI=1S/C20H24N4O.ClH/c1-2-3-4-5-6-14-7-9-15(10-8-14)19(25)22-16-11-12-17-18(13-16)24-20(21)23-17;/h7-13H,2-6H2,1H3,(H,22,25)(H3,21,23,24);1H. The fraction of sp³-hybridized carbons (Fsp3) is 0.300. The number of carbonyl (C=O) groups excluding carboxylic acids is 1. The van der Waals surface area contributed by atoms with Gasteiger partial charge in [-0.2, -0.15) is 0 Å². The minimum atomic E-state index is -0.121. The molecule has 0 atom stereocenters. The number of hydrogen-bond donors (Lipinski definition) is 3. The minimum Gasteiger partial charge on any atom is -0.369 e. The molecular weight excluding hydrogens is 348 g/mol. The predicted molar refractivity (Wildman–Crippen MR) is 110 cm³/mol. The molecule has 5 nitrogen and oxygen atoms in total. The highest BCUT2D eigenvalue weighted by atomic mass is 35.5. The molecule has 0 spiro atoms. The van der Waals surface area contributed by atoms with Crippen LogP contribution in [0.1, 0.15) is 48.5 Å². The summed E-state index contributed by atoms with van der Waals surface area (Å²) in [6.45, 7) is 2.21. The van der Waals surface area contributed by atoms with Crippen molar-refractivity contribution in [1.82, 2.24) is 9.97 Å². The van der Waals surface area contributed by atoms with Crippen LogP contribution in [0.25, 0.3) is 11.0 Å². The van der Waals surface area contributed by atoms with Crippen LogP contribution in [0.4, 0.5) is 11.6 Å². The third-order valence-corrected chi connectivity index (χ3v) is 4.29.